The molecule has 1 fully saturated rings. The molecule has 1 atom stereocenters. The summed E-state index contributed by atoms with van der Waals surface area (Å²) in [6, 6.07) is 2.18. The zero-order valence-electron chi connectivity index (χ0n) is 8.89. The first-order valence-corrected chi connectivity index (χ1v) is 6.72. The number of rotatable bonds is 3. The molecule has 1 aliphatic heterocycles. The highest BCUT2D eigenvalue weighted by Gasteiger charge is 2.19. The van der Waals surface area contributed by atoms with Crippen LogP contribution in [0.1, 0.15) is 5.56 Å². The molecule has 0 saturated carbocycles. The highest BCUT2D eigenvalue weighted by Crippen LogP contribution is 2.22. The molecule has 1 aromatic rings. The topological polar surface area (TPSA) is 38.5 Å². The van der Waals surface area contributed by atoms with Crippen molar-refractivity contribution in [3.8, 4) is 0 Å². The molecule has 0 bridgehead atoms. The van der Waals surface area contributed by atoms with Gasteiger partial charge in [0.05, 0.1) is 16.5 Å². The summed E-state index contributed by atoms with van der Waals surface area (Å²) in [6.45, 7) is 4.37. The maximum absolute atomic E-state index is 5.61. The third kappa shape index (κ3) is 3.98. The van der Waals surface area contributed by atoms with Crippen LogP contribution in [0.15, 0.2) is 15.2 Å². The molecular formula is C10H16BrClN2OS. The van der Waals surface area contributed by atoms with E-state index in [1.165, 1.54) is 9.35 Å². The van der Waals surface area contributed by atoms with E-state index in [1.54, 1.807) is 11.3 Å². The predicted octanol–water partition coefficient (Wildman–Crippen LogP) is 2.09. The van der Waals surface area contributed by atoms with Gasteiger partial charge in [0, 0.05) is 26.2 Å². The van der Waals surface area contributed by atoms with Gasteiger partial charge < -0.3 is 10.5 Å². The summed E-state index contributed by atoms with van der Waals surface area (Å²) in [5, 5.41) is 2.19. The molecule has 0 aliphatic carbocycles. The zero-order valence-corrected chi connectivity index (χ0v) is 12.1. The first kappa shape index (κ1) is 14.4. The van der Waals surface area contributed by atoms with Crippen molar-refractivity contribution >= 4 is 39.7 Å². The van der Waals surface area contributed by atoms with E-state index < -0.39 is 0 Å². The van der Waals surface area contributed by atoms with E-state index in [9.17, 15) is 0 Å². The van der Waals surface area contributed by atoms with Crippen LogP contribution in [0, 0.1) is 0 Å². The van der Waals surface area contributed by atoms with E-state index in [4.69, 9.17) is 10.5 Å². The highest BCUT2D eigenvalue weighted by molar-refractivity contribution is 9.11. The average Bonchev–Trinajstić information content (AvgIpc) is 2.64. The van der Waals surface area contributed by atoms with Gasteiger partial charge in [-0.05, 0) is 32.9 Å². The zero-order chi connectivity index (χ0) is 10.7. The molecule has 2 rings (SSSR count). The molecule has 3 nitrogen and oxygen atoms in total. The Bertz CT molecular complexity index is 324. The molecule has 6 heteroatoms. The number of morpholine rings is 1. The molecule has 2 N–H and O–H groups in total. The second-order valence-corrected chi connectivity index (χ2v) is 6.01. The third-order valence-corrected chi connectivity index (χ3v) is 4.07. The number of thiophene rings is 1. The molecular weight excluding hydrogens is 312 g/mol. The van der Waals surface area contributed by atoms with Crippen molar-refractivity contribution in [2.24, 2.45) is 5.73 Å². The fraction of sp³-hybridized carbons (Fsp3) is 0.600. The van der Waals surface area contributed by atoms with Gasteiger partial charge in [-0.25, -0.2) is 0 Å². The Hall–Kier alpha value is 0.350. The summed E-state index contributed by atoms with van der Waals surface area (Å²) in [4.78, 5) is 2.40. The van der Waals surface area contributed by atoms with E-state index in [1.807, 2.05) is 0 Å². The largest absolute Gasteiger partial charge is 0.374 e. The molecule has 1 aliphatic rings. The van der Waals surface area contributed by atoms with Gasteiger partial charge in [0.15, 0.2) is 0 Å². The lowest BCUT2D eigenvalue weighted by Gasteiger charge is -2.32. The van der Waals surface area contributed by atoms with Crippen molar-refractivity contribution in [3.05, 3.63) is 20.8 Å². The molecule has 2 heterocycles. The van der Waals surface area contributed by atoms with Crippen LogP contribution in [0.2, 0.25) is 0 Å². The van der Waals surface area contributed by atoms with E-state index >= 15 is 0 Å². The molecule has 1 unspecified atom stereocenters. The van der Waals surface area contributed by atoms with Crippen molar-refractivity contribution in [1.82, 2.24) is 4.90 Å². The van der Waals surface area contributed by atoms with Crippen molar-refractivity contribution in [2.45, 2.75) is 12.6 Å². The monoisotopic (exact) mass is 326 g/mol. The minimum Gasteiger partial charge on any atom is -0.374 e. The van der Waals surface area contributed by atoms with Crippen LogP contribution in [0.4, 0.5) is 0 Å². The highest BCUT2D eigenvalue weighted by atomic mass is 79.9. The Morgan fingerprint density at radius 1 is 1.62 bits per heavy atom. The molecule has 0 aromatic carbocycles. The Morgan fingerprint density at radius 2 is 2.44 bits per heavy atom. The van der Waals surface area contributed by atoms with Crippen molar-refractivity contribution in [2.75, 3.05) is 26.2 Å². The fourth-order valence-corrected chi connectivity index (χ4v) is 2.95. The first-order valence-electron chi connectivity index (χ1n) is 5.05. The molecule has 0 amide bonds. The maximum atomic E-state index is 5.61. The maximum Gasteiger partial charge on any atom is 0.0824 e. The summed E-state index contributed by atoms with van der Waals surface area (Å²) in [5.74, 6) is 0. The lowest BCUT2D eigenvalue weighted by molar-refractivity contribution is -0.0260. The second kappa shape index (κ2) is 6.93. The second-order valence-electron chi connectivity index (χ2n) is 3.72. The van der Waals surface area contributed by atoms with Crippen LogP contribution >= 0.6 is 39.7 Å². The number of hydrogen-bond acceptors (Lipinski definition) is 4. The van der Waals surface area contributed by atoms with Crippen LogP contribution in [0.5, 0.6) is 0 Å². The molecule has 16 heavy (non-hydrogen) atoms. The standard InChI is InChI=1S/C10H15BrN2OS.ClH/c11-10-3-8(7-15-10)5-13-1-2-14-9(4-12)6-13;/h3,7,9H,1-2,4-6,12H2;1H. The van der Waals surface area contributed by atoms with Gasteiger partial charge in [-0.1, -0.05) is 0 Å². The van der Waals surface area contributed by atoms with Crippen LogP contribution in [0.3, 0.4) is 0 Å². The summed E-state index contributed by atoms with van der Waals surface area (Å²) in [6.07, 6.45) is 0.209. The predicted molar refractivity (Wildman–Crippen MR) is 73.3 cm³/mol. The number of nitrogens with two attached hydrogens (primary N) is 1. The minimum atomic E-state index is 0. The molecule has 1 saturated heterocycles. The summed E-state index contributed by atoms with van der Waals surface area (Å²) in [7, 11) is 0. The molecule has 0 radical (unpaired) electrons. The van der Waals surface area contributed by atoms with E-state index in [0.717, 1.165) is 26.2 Å². The molecule has 1 aromatic heterocycles. The van der Waals surface area contributed by atoms with E-state index in [2.05, 4.69) is 32.3 Å². The Morgan fingerprint density at radius 3 is 3.06 bits per heavy atom. The Balaban J connectivity index is 0.00000128. The van der Waals surface area contributed by atoms with Gasteiger partial charge in [-0.2, -0.15) is 0 Å². The van der Waals surface area contributed by atoms with Gasteiger partial charge in [0.25, 0.3) is 0 Å². The van der Waals surface area contributed by atoms with E-state index in [-0.39, 0.29) is 18.5 Å². The quantitative estimate of drug-likeness (QED) is 0.924. The van der Waals surface area contributed by atoms with Crippen LogP contribution in [-0.2, 0) is 11.3 Å². The van der Waals surface area contributed by atoms with Crippen molar-refractivity contribution in [3.63, 3.8) is 0 Å². The number of nitrogens with zero attached hydrogens (tertiary/aromatic N) is 1. The molecule has 0 spiro atoms. The smallest absolute Gasteiger partial charge is 0.0824 e. The molecule has 92 valence electrons. The van der Waals surface area contributed by atoms with Gasteiger partial charge >= 0.3 is 0 Å². The third-order valence-electron chi connectivity index (χ3n) is 2.51. The van der Waals surface area contributed by atoms with Gasteiger partial charge in [-0.15, -0.1) is 23.7 Å². The number of ether oxygens (including phenoxy) is 1. The number of halogens is 2. The number of hydrogen-bond donors (Lipinski definition) is 1. The van der Waals surface area contributed by atoms with Crippen LogP contribution in [0.25, 0.3) is 0 Å². The lowest BCUT2D eigenvalue weighted by atomic mass is 10.2. The lowest BCUT2D eigenvalue weighted by Crippen LogP contribution is -2.45. The van der Waals surface area contributed by atoms with Crippen LogP contribution in [-0.4, -0.2) is 37.2 Å². The average molecular weight is 328 g/mol. The summed E-state index contributed by atoms with van der Waals surface area (Å²) >= 11 is 5.21. The van der Waals surface area contributed by atoms with E-state index in [0.29, 0.717) is 6.54 Å². The minimum absolute atomic E-state index is 0. The fourth-order valence-electron chi connectivity index (χ4n) is 1.75. The van der Waals surface area contributed by atoms with Crippen molar-refractivity contribution in [1.29, 1.82) is 0 Å². The Kier molecular flexibility index (Phi) is 6.25. The van der Waals surface area contributed by atoms with Crippen molar-refractivity contribution < 1.29 is 4.74 Å². The SMILES string of the molecule is Cl.NCC1CN(Cc2csc(Br)c2)CCO1. The van der Waals surface area contributed by atoms with Crippen LogP contribution < -0.4 is 5.73 Å². The summed E-state index contributed by atoms with van der Waals surface area (Å²) in [5.41, 5.74) is 6.97. The normalized spacial score (nSPS) is 21.8. The Labute approximate surface area is 114 Å². The van der Waals surface area contributed by atoms with Gasteiger partial charge in [0.1, 0.15) is 0 Å². The first-order chi connectivity index (χ1) is 7.28. The summed E-state index contributed by atoms with van der Waals surface area (Å²) < 4.78 is 6.72. The van der Waals surface area contributed by atoms with Gasteiger partial charge in [-0.3, -0.25) is 4.90 Å². The van der Waals surface area contributed by atoms with Gasteiger partial charge in [0.2, 0.25) is 0 Å².